The van der Waals surface area contributed by atoms with Crippen LogP contribution in [0.1, 0.15) is 16.1 Å². The van der Waals surface area contributed by atoms with Crippen molar-refractivity contribution in [3.05, 3.63) is 52.1 Å². The maximum absolute atomic E-state index is 11.8. The summed E-state index contributed by atoms with van der Waals surface area (Å²) in [5.41, 5.74) is 6.64. The van der Waals surface area contributed by atoms with Crippen LogP contribution in [0, 0.1) is 0 Å². The van der Waals surface area contributed by atoms with Gasteiger partial charge >= 0.3 is 0 Å². The topological polar surface area (TPSA) is 80.9 Å². The minimum atomic E-state index is -0.279. The molecule has 0 fully saturated rings. The summed E-state index contributed by atoms with van der Waals surface area (Å²) < 4.78 is 0.952. The van der Waals surface area contributed by atoms with Gasteiger partial charge in [-0.2, -0.15) is 0 Å². The second kappa shape index (κ2) is 5.59. The second-order valence-electron chi connectivity index (χ2n) is 3.62. The third-order valence-corrected chi connectivity index (χ3v) is 3.09. The number of hydrogen-bond acceptors (Lipinski definition) is 4. The van der Waals surface area contributed by atoms with Crippen LogP contribution in [0.2, 0.25) is 0 Å². The molecule has 1 heterocycles. The van der Waals surface area contributed by atoms with Crippen LogP contribution >= 0.6 is 15.9 Å². The zero-order valence-electron chi connectivity index (χ0n) is 9.43. The molecule has 1 aromatic carbocycles. The molecule has 2 rings (SSSR count). The zero-order valence-corrected chi connectivity index (χ0v) is 11.0. The molecule has 2 aromatic rings. The van der Waals surface area contributed by atoms with Gasteiger partial charge in [0.25, 0.3) is 5.91 Å². The minimum absolute atomic E-state index is 0.247. The Morgan fingerprint density at radius 1 is 1.22 bits per heavy atom. The minimum Gasteiger partial charge on any atom is -0.382 e. The van der Waals surface area contributed by atoms with Crippen LogP contribution in [0.3, 0.4) is 0 Å². The smallest absolute Gasteiger partial charge is 0.272 e. The second-order valence-corrected chi connectivity index (χ2v) is 4.47. The van der Waals surface area contributed by atoms with Gasteiger partial charge in [0.05, 0.1) is 0 Å². The lowest BCUT2D eigenvalue weighted by Crippen LogP contribution is -2.24. The quantitative estimate of drug-likeness (QED) is 0.905. The average Bonchev–Trinajstić information content (AvgIpc) is 2.38. The lowest BCUT2D eigenvalue weighted by atomic mass is 10.2. The van der Waals surface area contributed by atoms with Gasteiger partial charge in [0.15, 0.2) is 5.69 Å². The predicted molar refractivity (Wildman–Crippen MR) is 71.8 cm³/mol. The first kappa shape index (κ1) is 12.5. The van der Waals surface area contributed by atoms with Crippen LogP contribution in [0.4, 0.5) is 5.82 Å². The summed E-state index contributed by atoms with van der Waals surface area (Å²) in [4.78, 5) is 11.8. The summed E-state index contributed by atoms with van der Waals surface area (Å²) in [6.07, 6.45) is 0. The van der Waals surface area contributed by atoms with Gasteiger partial charge in [-0.1, -0.05) is 34.1 Å². The lowest BCUT2D eigenvalue weighted by molar-refractivity contribution is 0.0945. The molecule has 3 N–H and O–H groups in total. The fraction of sp³-hybridized carbons (Fsp3) is 0.0833. The number of carbonyl (C=O) groups is 1. The number of rotatable bonds is 3. The molecule has 1 aromatic heterocycles. The van der Waals surface area contributed by atoms with E-state index in [1.165, 1.54) is 6.07 Å². The van der Waals surface area contributed by atoms with Crippen molar-refractivity contribution in [1.82, 2.24) is 15.5 Å². The number of benzene rings is 1. The molecule has 6 heteroatoms. The summed E-state index contributed by atoms with van der Waals surface area (Å²) in [6.45, 7) is 0.423. The van der Waals surface area contributed by atoms with E-state index >= 15 is 0 Å². The molecule has 0 aliphatic heterocycles. The van der Waals surface area contributed by atoms with Crippen molar-refractivity contribution in [3.8, 4) is 0 Å². The third kappa shape index (κ3) is 3.04. The number of aromatic nitrogens is 2. The van der Waals surface area contributed by atoms with Crippen molar-refractivity contribution in [2.75, 3.05) is 5.73 Å². The van der Waals surface area contributed by atoms with E-state index in [9.17, 15) is 4.79 Å². The Balaban J connectivity index is 2.01. The first-order valence-electron chi connectivity index (χ1n) is 5.27. The summed E-state index contributed by atoms with van der Waals surface area (Å²) in [7, 11) is 0. The highest BCUT2D eigenvalue weighted by atomic mass is 79.9. The Morgan fingerprint density at radius 2 is 2.00 bits per heavy atom. The van der Waals surface area contributed by atoms with Crippen molar-refractivity contribution in [2.45, 2.75) is 6.54 Å². The number of nitrogens with zero attached hydrogens (tertiary/aromatic N) is 2. The van der Waals surface area contributed by atoms with Crippen LogP contribution in [0.25, 0.3) is 0 Å². The van der Waals surface area contributed by atoms with Gasteiger partial charge in [-0.15, -0.1) is 10.2 Å². The number of anilines is 1. The first-order valence-corrected chi connectivity index (χ1v) is 6.07. The van der Waals surface area contributed by atoms with Crippen molar-refractivity contribution < 1.29 is 4.79 Å². The summed E-state index contributed by atoms with van der Waals surface area (Å²) in [5.74, 6) is 0.00982. The molecule has 0 unspecified atom stereocenters. The van der Waals surface area contributed by atoms with Crippen molar-refractivity contribution in [3.63, 3.8) is 0 Å². The van der Waals surface area contributed by atoms with Crippen LogP contribution in [0.5, 0.6) is 0 Å². The molecular weight excluding hydrogens is 296 g/mol. The van der Waals surface area contributed by atoms with Gasteiger partial charge in [-0.25, -0.2) is 0 Å². The first-order chi connectivity index (χ1) is 8.66. The highest BCUT2D eigenvalue weighted by molar-refractivity contribution is 9.10. The highest BCUT2D eigenvalue weighted by Crippen LogP contribution is 2.15. The predicted octanol–water partition coefficient (Wildman–Crippen LogP) is 1.75. The zero-order chi connectivity index (χ0) is 13.0. The SMILES string of the molecule is Nc1ccc(C(=O)NCc2ccccc2Br)nn1. The molecule has 5 nitrogen and oxygen atoms in total. The normalized spacial score (nSPS) is 10.1. The van der Waals surface area contributed by atoms with Gasteiger partial charge < -0.3 is 11.1 Å². The molecule has 18 heavy (non-hydrogen) atoms. The molecule has 0 spiro atoms. The van der Waals surface area contributed by atoms with Gasteiger partial charge in [-0.3, -0.25) is 4.79 Å². The van der Waals surface area contributed by atoms with Crippen molar-refractivity contribution >= 4 is 27.7 Å². The molecular formula is C12H11BrN4O. The van der Waals surface area contributed by atoms with E-state index in [2.05, 4.69) is 31.4 Å². The molecule has 0 aliphatic rings. The number of hydrogen-bond donors (Lipinski definition) is 2. The van der Waals surface area contributed by atoms with E-state index in [0.717, 1.165) is 10.0 Å². The Bertz CT molecular complexity index is 556. The Labute approximate surface area is 113 Å². The van der Waals surface area contributed by atoms with Gasteiger partial charge in [-0.05, 0) is 23.8 Å². The number of amides is 1. The van der Waals surface area contributed by atoms with Crippen molar-refractivity contribution in [1.29, 1.82) is 0 Å². The summed E-state index contributed by atoms with van der Waals surface area (Å²) >= 11 is 3.42. The third-order valence-electron chi connectivity index (χ3n) is 2.32. The number of halogens is 1. The standard InChI is InChI=1S/C12H11BrN4O/c13-9-4-2-1-3-8(9)7-15-12(18)10-5-6-11(14)17-16-10/h1-6H,7H2,(H2,14,17)(H,15,18). The van der Waals surface area contributed by atoms with Gasteiger partial charge in [0.2, 0.25) is 0 Å². The van der Waals surface area contributed by atoms with E-state index in [-0.39, 0.29) is 17.4 Å². The monoisotopic (exact) mass is 306 g/mol. The number of nitrogens with two attached hydrogens (primary N) is 1. The van der Waals surface area contributed by atoms with E-state index in [0.29, 0.717) is 6.54 Å². The van der Waals surface area contributed by atoms with Crippen LogP contribution in [-0.2, 0) is 6.54 Å². The van der Waals surface area contributed by atoms with Crippen LogP contribution < -0.4 is 11.1 Å². The maximum Gasteiger partial charge on any atom is 0.272 e. The van der Waals surface area contributed by atoms with E-state index in [4.69, 9.17) is 5.73 Å². The van der Waals surface area contributed by atoms with Crippen LogP contribution in [0.15, 0.2) is 40.9 Å². The van der Waals surface area contributed by atoms with E-state index < -0.39 is 0 Å². The van der Waals surface area contributed by atoms with Crippen LogP contribution in [-0.4, -0.2) is 16.1 Å². The fourth-order valence-electron chi connectivity index (χ4n) is 1.37. The number of carbonyl (C=O) groups excluding carboxylic acids is 1. The Kier molecular flexibility index (Phi) is 3.88. The van der Waals surface area contributed by atoms with Gasteiger partial charge in [0.1, 0.15) is 5.82 Å². The molecule has 0 saturated heterocycles. The Hall–Kier alpha value is -1.95. The summed E-state index contributed by atoms with van der Waals surface area (Å²) in [5, 5.41) is 10.1. The average molecular weight is 307 g/mol. The number of nitrogens with one attached hydrogen (secondary N) is 1. The highest BCUT2D eigenvalue weighted by Gasteiger charge is 2.08. The fourth-order valence-corrected chi connectivity index (χ4v) is 1.80. The summed E-state index contributed by atoms with van der Waals surface area (Å²) in [6, 6.07) is 10.8. The Morgan fingerprint density at radius 3 is 2.67 bits per heavy atom. The molecule has 0 atom stereocenters. The van der Waals surface area contributed by atoms with E-state index in [1.807, 2.05) is 24.3 Å². The molecule has 0 saturated carbocycles. The molecule has 1 amide bonds. The number of nitrogen functional groups attached to an aromatic ring is 1. The molecule has 0 aliphatic carbocycles. The maximum atomic E-state index is 11.8. The van der Waals surface area contributed by atoms with Gasteiger partial charge in [0, 0.05) is 11.0 Å². The van der Waals surface area contributed by atoms with E-state index in [1.54, 1.807) is 6.07 Å². The molecule has 92 valence electrons. The molecule has 0 radical (unpaired) electrons. The largest absolute Gasteiger partial charge is 0.382 e. The molecule has 0 bridgehead atoms. The lowest BCUT2D eigenvalue weighted by Gasteiger charge is -2.06. The van der Waals surface area contributed by atoms with Crippen molar-refractivity contribution in [2.24, 2.45) is 0 Å².